The van der Waals surface area contributed by atoms with Crippen LogP contribution < -0.4 is 0 Å². The number of rotatable bonds is 9. The third-order valence-corrected chi connectivity index (χ3v) is 8.50. The molecule has 0 aliphatic rings. The highest BCUT2D eigenvalue weighted by atomic mass is 33.2. The normalized spacial score (nSPS) is 13.5. The van der Waals surface area contributed by atoms with Crippen molar-refractivity contribution in [2.45, 2.75) is 52.9 Å². The molecule has 0 heterocycles. The summed E-state index contributed by atoms with van der Waals surface area (Å²) in [5.74, 6) is -0.324. The van der Waals surface area contributed by atoms with Crippen molar-refractivity contribution < 1.29 is 16.8 Å². The van der Waals surface area contributed by atoms with Crippen LogP contribution >= 0.6 is 0 Å². The first-order valence-electron chi connectivity index (χ1n) is 6.50. The Morgan fingerprint density at radius 3 is 2.05 bits per heavy atom. The number of hydrogen-bond acceptors (Lipinski definition) is 4. The van der Waals surface area contributed by atoms with E-state index >= 15 is 0 Å². The van der Waals surface area contributed by atoms with Gasteiger partial charge in [0.1, 0.15) is 0 Å². The van der Waals surface area contributed by atoms with Gasteiger partial charge in [0, 0.05) is 0 Å². The Hall–Kier alpha value is -0.620. The predicted octanol–water partition coefficient (Wildman–Crippen LogP) is 3.18. The largest absolute Gasteiger partial charge is 0.281 e. The maximum absolute atomic E-state index is 11.9. The van der Waals surface area contributed by atoms with E-state index in [1.165, 1.54) is 13.0 Å². The van der Waals surface area contributed by atoms with E-state index in [1.807, 2.05) is 0 Å². The molecule has 0 aromatic carbocycles. The third kappa shape index (κ3) is 5.10. The molecular weight excluding hydrogens is 284 g/mol. The summed E-state index contributed by atoms with van der Waals surface area (Å²) in [6, 6.07) is 0. The molecule has 0 spiro atoms. The van der Waals surface area contributed by atoms with Crippen LogP contribution in [-0.2, 0) is 17.7 Å². The fraction of sp³-hybridized carbons (Fsp3) is 0.692. The molecule has 0 saturated heterocycles. The van der Waals surface area contributed by atoms with Gasteiger partial charge in [0.25, 0.3) is 17.7 Å². The van der Waals surface area contributed by atoms with Gasteiger partial charge in [0.05, 0.1) is 10.7 Å². The minimum Gasteiger partial charge on any atom is -0.212 e. The molecule has 0 N–H and O–H groups in total. The van der Waals surface area contributed by atoms with Crippen molar-refractivity contribution in [1.82, 2.24) is 0 Å². The zero-order valence-electron chi connectivity index (χ0n) is 12.0. The van der Waals surface area contributed by atoms with Crippen molar-refractivity contribution in [3.63, 3.8) is 0 Å². The van der Waals surface area contributed by atoms with Crippen LogP contribution in [0.15, 0.2) is 23.1 Å². The highest BCUT2D eigenvalue weighted by molar-refractivity contribution is 8.68. The molecule has 0 fully saturated rings. The number of allylic oxidation sites excluding steroid dienone is 2. The van der Waals surface area contributed by atoms with Crippen molar-refractivity contribution >= 4 is 17.7 Å². The van der Waals surface area contributed by atoms with Gasteiger partial charge in [-0.3, -0.25) is 0 Å². The number of unbranched alkanes of at least 4 members (excludes halogenated alkanes) is 4. The Morgan fingerprint density at radius 1 is 1.05 bits per heavy atom. The Labute approximate surface area is 116 Å². The minimum atomic E-state index is -4.33. The average Bonchev–Trinajstić information content (AvgIpc) is 2.36. The third-order valence-electron chi connectivity index (χ3n) is 3.01. The fourth-order valence-electron chi connectivity index (χ4n) is 1.50. The van der Waals surface area contributed by atoms with Crippen LogP contribution in [0.3, 0.4) is 0 Å². The smallest absolute Gasteiger partial charge is 0.212 e. The summed E-state index contributed by atoms with van der Waals surface area (Å²) in [7, 11) is -8.50. The molecule has 19 heavy (non-hydrogen) atoms. The van der Waals surface area contributed by atoms with Crippen LogP contribution in [0.25, 0.3) is 0 Å². The second-order valence-electron chi connectivity index (χ2n) is 4.53. The molecule has 0 amide bonds. The number of hydrogen-bond donors (Lipinski definition) is 0. The summed E-state index contributed by atoms with van der Waals surface area (Å²) >= 11 is 0. The summed E-state index contributed by atoms with van der Waals surface area (Å²) in [5.41, 5.74) is 0.370. The molecule has 0 bridgehead atoms. The second kappa shape index (κ2) is 7.85. The first-order valence-corrected chi connectivity index (χ1v) is 10.2. The van der Waals surface area contributed by atoms with E-state index in [0.29, 0.717) is 12.0 Å². The van der Waals surface area contributed by atoms with Crippen molar-refractivity contribution in [3.05, 3.63) is 23.1 Å². The summed E-state index contributed by atoms with van der Waals surface area (Å²) in [4.78, 5) is -0.316. The predicted molar refractivity (Wildman–Crippen MR) is 80.0 cm³/mol. The lowest BCUT2D eigenvalue weighted by Crippen LogP contribution is -2.20. The lowest BCUT2D eigenvalue weighted by atomic mass is 10.2. The summed E-state index contributed by atoms with van der Waals surface area (Å²) in [6.07, 6.45) is 5.68. The molecule has 4 nitrogen and oxygen atoms in total. The monoisotopic (exact) mass is 308 g/mol. The Bertz CT molecular complexity index is 525. The van der Waals surface area contributed by atoms with E-state index < -0.39 is 17.7 Å². The van der Waals surface area contributed by atoms with Gasteiger partial charge in [0.15, 0.2) is 0 Å². The molecule has 0 aliphatic carbocycles. The lowest BCUT2D eigenvalue weighted by molar-refractivity contribution is 0.581. The van der Waals surface area contributed by atoms with Gasteiger partial charge in [-0.2, -0.15) is 0 Å². The highest BCUT2D eigenvalue weighted by Crippen LogP contribution is 2.22. The molecule has 112 valence electrons. The van der Waals surface area contributed by atoms with Crippen LogP contribution in [-0.4, -0.2) is 22.6 Å². The van der Waals surface area contributed by atoms with E-state index in [2.05, 4.69) is 13.5 Å². The van der Waals surface area contributed by atoms with Crippen molar-refractivity contribution in [2.75, 3.05) is 5.75 Å². The van der Waals surface area contributed by atoms with E-state index in [-0.39, 0.29) is 10.7 Å². The molecule has 6 heteroatoms. The lowest BCUT2D eigenvalue weighted by Gasteiger charge is -2.09. The molecule has 0 radical (unpaired) electrons. The molecule has 0 aromatic rings. The molecule has 0 aliphatic heterocycles. The van der Waals surface area contributed by atoms with Gasteiger partial charge in [0.2, 0.25) is 0 Å². The van der Waals surface area contributed by atoms with Crippen LogP contribution in [0.5, 0.6) is 0 Å². The van der Waals surface area contributed by atoms with Gasteiger partial charge >= 0.3 is 0 Å². The van der Waals surface area contributed by atoms with Gasteiger partial charge < -0.3 is 0 Å². The van der Waals surface area contributed by atoms with Crippen molar-refractivity contribution in [3.8, 4) is 0 Å². The SMILES string of the molecule is C=C(C(C)=CC)S(=O)(=O)S(=O)(=O)CCCCCCC. The zero-order valence-corrected chi connectivity index (χ0v) is 13.6. The molecule has 0 aromatic heterocycles. The van der Waals surface area contributed by atoms with Crippen molar-refractivity contribution in [1.29, 1.82) is 0 Å². The van der Waals surface area contributed by atoms with Crippen LogP contribution in [0.1, 0.15) is 52.9 Å². The molecule has 0 saturated carbocycles. The maximum Gasteiger partial charge on any atom is 0.281 e. The molecule has 0 atom stereocenters. The summed E-state index contributed by atoms with van der Waals surface area (Å²) in [6.45, 7) is 8.63. The van der Waals surface area contributed by atoms with Gasteiger partial charge in [-0.05, 0) is 25.8 Å². The maximum atomic E-state index is 11.9. The first-order chi connectivity index (χ1) is 8.70. The second-order valence-corrected chi connectivity index (χ2v) is 10.3. The highest BCUT2D eigenvalue weighted by Gasteiger charge is 2.32. The topological polar surface area (TPSA) is 68.3 Å². The van der Waals surface area contributed by atoms with Crippen molar-refractivity contribution in [2.24, 2.45) is 0 Å². The van der Waals surface area contributed by atoms with Crippen LogP contribution in [0.4, 0.5) is 0 Å². The minimum absolute atomic E-state index is 0.316. The van der Waals surface area contributed by atoms with E-state index in [0.717, 1.165) is 25.7 Å². The summed E-state index contributed by atoms with van der Waals surface area (Å²) < 4.78 is 47.6. The average molecular weight is 308 g/mol. The Balaban J connectivity index is 4.77. The standard InChI is InChI=1S/C13H24O4S2/c1-5-7-8-9-10-11-18(14,15)19(16,17)13(4)12(3)6-2/h6H,4-5,7-11H2,1-3H3. The summed E-state index contributed by atoms with van der Waals surface area (Å²) in [5, 5.41) is 0. The Morgan fingerprint density at radius 2 is 1.58 bits per heavy atom. The van der Waals surface area contributed by atoms with Crippen LogP contribution in [0.2, 0.25) is 0 Å². The quantitative estimate of drug-likeness (QED) is 0.373. The van der Waals surface area contributed by atoms with E-state index in [1.54, 1.807) is 6.92 Å². The first kappa shape index (κ1) is 18.4. The molecule has 0 rings (SSSR count). The van der Waals surface area contributed by atoms with Gasteiger partial charge in [-0.15, -0.1) is 0 Å². The van der Waals surface area contributed by atoms with E-state index in [4.69, 9.17) is 0 Å². The molecule has 0 unspecified atom stereocenters. The fourth-order valence-corrected chi connectivity index (χ4v) is 5.43. The van der Waals surface area contributed by atoms with Gasteiger partial charge in [-0.1, -0.05) is 45.3 Å². The molecular formula is C13H24O4S2. The van der Waals surface area contributed by atoms with Gasteiger partial charge in [-0.25, -0.2) is 16.8 Å². The van der Waals surface area contributed by atoms with Crippen LogP contribution in [0, 0.1) is 0 Å². The zero-order chi connectivity index (χ0) is 15.1. The Kier molecular flexibility index (Phi) is 7.59. The van der Waals surface area contributed by atoms with E-state index in [9.17, 15) is 16.8 Å².